The number of aromatic nitrogens is 2. The Kier molecular flexibility index (Phi) is 5.68. The maximum absolute atomic E-state index is 8.45. The summed E-state index contributed by atoms with van der Waals surface area (Å²) in [4.78, 5) is 4.20. The number of thiazole rings is 1. The maximum Gasteiger partial charge on any atom is 0.251 e. The smallest absolute Gasteiger partial charge is 0.251 e. The van der Waals surface area contributed by atoms with E-state index in [1.54, 1.807) is 18.3 Å². The molecule has 0 atom stereocenters. The van der Waals surface area contributed by atoms with Gasteiger partial charge in [-0.15, -0.1) is 24.0 Å². The zero-order valence-corrected chi connectivity index (χ0v) is 11.9. The predicted molar refractivity (Wildman–Crippen MR) is 69.8 cm³/mol. The SMILES string of the molecule is Cc1cc(O)no1.Sc1nc2ccccc2s1.[Cu]. The average molecular weight is 330 g/mol. The molecular weight excluding hydrogens is 320 g/mol. The Hall–Kier alpha value is -1.01. The fourth-order valence-electron chi connectivity index (χ4n) is 1.21. The van der Waals surface area contributed by atoms with E-state index in [2.05, 4.69) is 27.3 Å². The molecule has 0 aliphatic carbocycles. The molecule has 0 aliphatic rings. The zero-order valence-electron chi connectivity index (χ0n) is 9.29. The van der Waals surface area contributed by atoms with Crippen LogP contribution in [0.4, 0.5) is 0 Å². The van der Waals surface area contributed by atoms with E-state index in [0.29, 0.717) is 5.76 Å². The summed E-state index contributed by atoms with van der Waals surface area (Å²) < 4.78 is 6.50. The molecule has 4 nitrogen and oxygen atoms in total. The molecule has 0 unspecified atom stereocenters. The Morgan fingerprint density at radius 1 is 1.33 bits per heavy atom. The normalized spacial score (nSPS) is 9.44. The van der Waals surface area contributed by atoms with E-state index in [0.717, 1.165) is 9.86 Å². The quantitative estimate of drug-likeness (QED) is 0.491. The molecule has 1 N–H and O–H groups in total. The van der Waals surface area contributed by atoms with Gasteiger partial charge in [-0.2, -0.15) is 0 Å². The van der Waals surface area contributed by atoms with Gasteiger partial charge < -0.3 is 9.63 Å². The van der Waals surface area contributed by atoms with E-state index in [1.165, 1.54) is 10.8 Å². The summed E-state index contributed by atoms with van der Waals surface area (Å²) in [5.41, 5.74) is 1.04. The van der Waals surface area contributed by atoms with Crippen molar-refractivity contribution in [2.24, 2.45) is 0 Å². The summed E-state index contributed by atoms with van der Waals surface area (Å²) in [5.74, 6) is 0.565. The van der Waals surface area contributed by atoms with Gasteiger partial charge in [0.1, 0.15) is 10.1 Å². The monoisotopic (exact) mass is 329 g/mol. The predicted octanol–water partition coefficient (Wildman–Crippen LogP) is 3.27. The number of aryl methyl sites for hydroxylation is 1. The second-order valence-electron chi connectivity index (χ2n) is 3.26. The van der Waals surface area contributed by atoms with E-state index in [1.807, 2.05) is 24.3 Å². The molecule has 99 valence electrons. The molecule has 0 aliphatic heterocycles. The van der Waals surface area contributed by atoms with Crippen LogP contribution in [0.15, 0.2) is 39.2 Å². The van der Waals surface area contributed by atoms with Gasteiger partial charge in [0.05, 0.1) is 10.2 Å². The summed E-state index contributed by atoms with van der Waals surface area (Å²) in [6.07, 6.45) is 0. The van der Waals surface area contributed by atoms with Crippen molar-refractivity contribution in [2.75, 3.05) is 0 Å². The van der Waals surface area contributed by atoms with Gasteiger partial charge in [0.15, 0.2) is 0 Å². The number of hydrogen-bond donors (Lipinski definition) is 2. The molecule has 0 saturated carbocycles. The van der Waals surface area contributed by atoms with Crippen molar-refractivity contribution in [1.82, 2.24) is 10.1 Å². The van der Waals surface area contributed by atoms with Crippen LogP contribution in [0.25, 0.3) is 10.2 Å². The van der Waals surface area contributed by atoms with Crippen LogP contribution in [0.1, 0.15) is 5.76 Å². The van der Waals surface area contributed by atoms with Gasteiger partial charge >= 0.3 is 0 Å². The molecule has 7 heteroatoms. The first-order chi connectivity index (χ1) is 8.15. The van der Waals surface area contributed by atoms with Crippen LogP contribution >= 0.6 is 24.0 Å². The van der Waals surface area contributed by atoms with Gasteiger partial charge in [0.25, 0.3) is 5.88 Å². The van der Waals surface area contributed by atoms with E-state index < -0.39 is 0 Å². The number of nitrogens with zero attached hydrogens (tertiary/aromatic N) is 2. The van der Waals surface area contributed by atoms with Crippen LogP contribution in [0, 0.1) is 6.92 Å². The van der Waals surface area contributed by atoms with Crippen LogP contribution in [0.5, 0.6) is 5.88 Å². The topological polar surface area (TPSA) is 59.2 Å². The van der Waals surface area contributed by atoms with Gasteiger partial charge in [-0.25, -0.2) is 4.98 Å². The number of para-hydroxylation sites is 1. The molecule has 1 aromatic carbocycles. The van der Waals surface area contributed by atoms with Crippen molar-refractivity contribution in [1.29, 1.82) is 0 Å². The third kappa shape index (κ3) is 4.03. The Balaban J connectivity index is 0.000000181. The number of thiol groups is 1. The number of rotatable bonds is 0. The Morgan fingerprint density at radius 3 is 2.56 bits per heavy atom. The summed E-state index contributed by atoms with van der Waals surface area (Å²) in [5, 5.41) is 11.6. The number of fused-ring (bicyclic) bond motifs is 1. The van der Waals surface area contributed by atoms with Gasteiger partial charge in [-0.1, -0.05) is 12.1 Å². The van der Waals surface area contributed by atoms with E-state index in [4.69, 9.17) is 5.11 Å². The first kappa shape index (κ1) is 15.0. The second-order valence-corrected chi connectivity index (χ2v) is 5.02. The van der Waals surface area contributed by atoms with Crippen molar-refractivity contribution < 1.29 is 26.7 Å². The molecule has 3 aromatic rings. The van der Waals surface area contributed by atoms with Crippen LogP contribution in [-0.4, -0.2) is 15.2 Å². The Bertz CT molecular complexity index is 575. The number of hydrogen-bond acceptors (Lipinski definition) is 6. The van der Waals surface area contributed by atoms with Gasteiger partial charge in [-0.05, 0) is 24.2 Å². The minimum Gasteiger partial charge on any atom is -0.491 e. The maximum atomic E-state index is 8.45. The fourth-order valence-corrected chi connectivity index (χ4v) is 2.32. The fraction of sp³-hybridized carbons (Fsp3) is 0.0909. The summed E-state index contributed by atoms with van der Waals surface area (Å²) in [7, 11) is 0. The first-order valence-electron chi connectivity index (χ1n) is 4.82. The third-order valence-corrected chi connectivity index (χ3v) is 3.11. The molecule has 18 heavy (non-hydrogen) atoms. The van der Waals surface area contributed by atoms with E-state index in [9.17, 15) is 0 Å². The van der Waals surface area contributed by atoms with Gasteiger partial charge in [0, 0.05) is 23.1 Å². The number of benzene rings is 1. The van der Waals surface area contributed by atoms with E-state index >= 15 is 0 Å². The third-order valence-electron chi connectivity index (χ3n) is 1.90. The Morgan fingerprint density at radius 2 is 2.06 bits per heavy atom. The van der Waals surface area contributed by atoms with Crippen molar-refractivity contribution >= 4 is 34.2 Å². The van der Waals surface area contributed by atoms with Crippen LogP contribution in [0.2, 0.25) is 0 Å². The van der Waals surface area contributed by atoms with Crippen molar-refractivity contribution in [3.63, 3.8) is 0 Å². The van der Waals surface area contributed by atoms with Gasteiger partial charge in [0.2, 0.25) is 0 Å². The molecule has 0 fully saturated rings. The second kappa shape index (κ2) is 6.80. The van der Waals surface area contributed by atoms with Crippen LogP contribution < -0.4 is 0 Å². The van der Waals surface area contributed by atoms with Crippen molar-refractivity contribution in [3.8, 4) is 5.88 Å². The van der Waals surface area contributed by atoms with Gasteiger partial charge in [-0.3, -0.25) is 0 Å². The molecular formula is C11H10CuN2O2S2. The molecule has 0 bridgehead atoms. The summed E-state index contributed by atoms with van der Waals surface area (Å²) in [6, 6.07) is 9.47. The number of aromatic hydroxyl groups is 1. The van der Waals surface area contributed by atoms with Crippen LogP contribution in [-0.2, 0) is 17.1 Å². The standard InChI is InChI=1S/C7H5NS2.C4H5NO2.Cu/c9-7-8-5-3-1-2-4-6(5)10-7;1-3-2-4(6)5-7-3;/h1-4H,(H,8,9);2H,1H3,(H,5,6);. The molecule has 0 amide bonds. The van der Waals surface area contributed by atoms with E-state index in [-0.39, 0.29) is 22.9 Å². The first-order valence-corrected chi connectivity index (χ1v) is 6.08. The summed E-state index contributed by atoms with van der Waals surface area (Å²) >= 11 is 5.76. The Labute approximate surface area is 124 Å². The zero-order chi connectivity index (χ0) is 12.3. The van der Waals surface area contributed by atoms with Crippen LogP contribution in [0.3, 0.4) is 0 Å². The average Bonchev–Trinajstić information content (AvgIpc) is 2.83. The van der Waals surface area contributed by atoms with Crippen molar-refractivity contribution in [3.05, 3.63) is 36.1 Å². The molecule has 0 spiro atoms. The molecule has 1 radical (unpaired) electrons. The molecule has 2 aromatic heterocycles. The van der Waals surface area contributed by atoms with Crippen molar-refractivity contribution in [2.45, 2.75) is 11.3 Å². The molecule has 3 rings (SSSR count). The molecule has 2 heterocycles. The largest absolute Gasteiger partial charge is 0.491 e. The summed E-state index contributed by atoms with van der Waals surface area (Å²) in [6.45, 7) is 1.72. The molecule has 0 saturated heterocycles. The minimum absolute atomic E-state index is 0. The minimum atomic E-state index is -0.0579.